The predicted molar refractivity (Wildman–Crippen MR) is 109 cm³/mol. The van der Waals surface area contributed by atoms with Gasteiger partial charge >= 0.3 is 0 Å². The maximum Gasteiger partial charge on any atom is 0.221 e. The molecule has 1 amide bonds. The number of aliphatic hydroxyl groups is 1. The molecule has 6 nitrogen and oxygen atoms in total. The van der Waals surface area contributed by atoms with Crippen molar-refractivity contribution < 1.29 is 9.90 Å². The number of nitrogens with zero attached hydrogens (tertiary/aromatic N) is 3. The number of carbonyl (C=O) groups excluding carboxylic acids is 1. The van der Waals surface area contributed by atoms with Crippen LogP contribution in [0.2, 0.25) is 0 Å². The Bertz CT molecular complexity index is 817. The van der Waals surface area contributed by atoms with Crippen LogP contribution in [0.1, 0.15) is 19.3 Å². The van der Waals surface area contributed by atoms with Gasteiger partial charge in [-0.05, 0) is 43.1 Å². The molecule has 0 unspecified atom stereocenters. The van der Waals surface area contributed by atoms with Crippen LogP contribution in [-0.2, 0) is 4.79 Å². The van der Waals surface area contributed by atoms with Crippen molar-refractivity contribution >= 4 is 34.5 Å². The zero-order valence-corrected chi connectivity index (χ0v) is 16.4. The van der Waals surface area contributed by atoms with Crippen LogP contribution in [0.25, 0.3) is 11.0 Å². The van der Waals surface area contributed by atoms with Crippen molar-refractivity contribution in [1.82, 2.24) is 15.3 Å². The average Bonchev–Trinajstić information content (AvgIpc) is 3.09. The summed E-state index contributed by atoms with van der Waals surface area (Å²) in [6.07, 6.45) is 5.45. The molecule has 1 aromatic carbocycles. The minimum absolute atomic E-state index is 0.0436. The van der Waals surface area contributed by atoms with Crippen LogP contribution in [0, 0.1) is 11.8 Å². The molecule has 1 saturated heterocycles. The summed E-state index contributed by atoms with van der Waals surface area (Å²) in [5, 5.41) is 13.6. The predicted octanol–water partition coefficient (Wildman–Crippen LogP) is 2.07. The summed E-state index contributed by atoms with van der Waals surface area (Å²) in [4.78, 5) is 23.6. The number of benzene rings is 1. The van der Waals surface area contributed by atoms with E-state index < -0.39 is 6.10 Å². The van der Waals surface area contributed by atoms with Gasteiger partial charge in [-0.2, -0.15) is 11.8 Å². The van der Waals surface area contributed by atoms with Crippen LogP contribution >= 0.6 is 11.8 Å². The summed E-state index contributed by atoms with van der Waals surface area (Å²) in [5.74, 6) is 2.66. The molecule has 1 aromatic heterocycles. The van der Waals surface area contributed by atoms with Gasteiger partial charge in [0.15, 0.2) is 0 Å². The normalized spacial score (nSPS) is 27.6. The van der Waals surface area contributed by atoms with E-state index in [1.807, 2.05) is 36.7 Å². The highest BCUT2D eigenvalue weighted by Gasteiger charge is 2.42. The Labute approximate surface area is 163 Å². The fraction of sp³-hybridized carbons (Fsp3) is 0.550. The third-order valence-electron chi connectivity index (χ3n) is 5.78. The molecule has 4 atom stereocenters. The molecule has 1 aliphatic heterocycles. The molecule has 2 N–H and O–H groups in total. The largest absolute Gasteiger partial charge is 0.391 e. The first kappa shape index (κ1) is 18.5. The maximum atomic E-state index is 12.1. The first-order valence-electron chi connectivity index (χ1n) is 9.57. The lowest BCUT2D eigenvalue weighted by Gasteiger charge is -2.35. The SMILES string of the molecule is CSCCC(=O)N[C@H]1C[C@H]2CN(c3cnc4ccccc4n3)C[C@H]2C[C@@H]1O. The second-order valence-corrected chi connectivity index (χ2v) is 8.58. The van der Waals surface area contributed by atoms with E-state index in [-0.39, 0.29) is 11.9 Å². The van der Waals surface area contributed by atoms with Crippen molar-refractivity contribution in [3.8, 4) is 0 Å². The van der Waals surface area contributed by atoms with Gasteiger partial charge in [0.1, 0.15) is 5.82 Å². The molecule has 0 spiro atoms. The average molecular weight is 387 g/mol. The van der Waals surface area contributed by atoms with E-state index in [1.165, 1.54) is 0 Å². The lowest BCUT2D eigenvalue weighted by molar-refractivity contribution is -0.123. The van der Waals surface area contributed by atoms with Crippen LogP contribution in [0.5, 0.6) is 0 Å². The summed E-state index contributed by atoms with van der Waals surface area (Å²) in [6.45, 7) is 1.80. The van der Waals surface area contributed by atoms with Gasteiger partial charge in [0.25, 0.3) is 0 Å². The Kier molecular flexibility index (Phi) is 5.50. The molecule has 1 saturated carbocycles. The molecule has 1 aliphatic carbocycles. The third-order valence-corrected chi connectivity index (χ3v) is 6.39. The molecule has 0 radical (unpaired) electrons. The van der Waals surface area contributed by atoms with Gasteiger partial charge in [0.2, 0.25) is 5.91 Å². The number of hydrogen-bond acceptors (Lipinski definition) is 6. The quantitative estimate of drug-likeness (QED) is 0.819. The van der Waals surface area contributed by atoms with E-state index in [9.17, 15) is 9.90 Å². The smallest absolute Gasteiger partial charge is 0.221 e. The molecule has 7 heteroatoms. The lowest BCUT2D eigenvalue weighted by Crippen LogP contribution is -2.49. The second kappa shape index (κ2) is 8.02. The van der Waals surface area contributed by atoms with Gasteiger partial charge in [-0.1, -0.05) is 12.1 Å². The Hall–Kier alpha value is -1.86. The van der Waals surface area contributed by atoms with Crippen LogP contribution in [0.3, 0.4) is 0 Å². The van der Waals surface area contributed by atoms with E-state index in [1.54, 1.807) is 11.8 Å². The van der Waals surface area contributed by atoms with Gasteiger partial charge in [-0.25, -0.2) is 4.98 Å². The highest BCUT2D eigenvalue weighted by Crippen LogP contribution is 2.38. The zero-order chi connectivity index (χ0) is 18.8. The third kappa shape index (κ3) is 4.04. The van der Waals surface area contributed by atoms with Crippen LogP contribution < -0.4 is 10.2 Å². The number of anilines is 1. The monoisotopic (exact) mass is 386 g/mol. The van der Waals surface area contributed by atoms with Gasteiger partial charge < -0.3 is 15.3 Å². The first-order chi connectivity index (χ1) is 13.1. The number of amides is 1. The number of nitrogens with one attached hydrogen (secondary N) is 1. The van der Waals surface area contributed by atoms with Gasteiger partial charge in [0, 0.05) is 25.3 Å². The first-order valence-corrected chi connectivity index (χ1v) is 11.0. The molecular formula is C20H26N4O2S. The summed E-state index contributed by atoms with van der Waals surface area (Å²) < 4.78 is 0. The summed E-state index contributed by atoms with van der Waals surface area (Å²) in [6, 6.07) is 7.76. The van der Waals surface area contributed by atoms with Crippen LogP contribution in [-0.4, -0.2) is 58.2 Å². The van der Waals surface area contributed by atoms with E-state index in [2.05, 4.69) is 15.2 Å². The molecule has 4 rings (SSSR count). The maximum absolute atomic E-state index is 12.1. The Morgan fingerprint density at radius 2 is 2.00 bits per heavy atom. The van der Waals surface area contributed by atoms with Gasteiger partial charge in [-0.15, -0.1) is 0 Å². The molecule has 0 bridgehead atoms. The van der Waals surface area contributed by atoms with Crippen molar-refractivity contribution in [1.29, 1.82) is 0 Å². The van der Waals surface area contributed by atoms with Crippen LogP contribution in [0.15, 0.2) is 30.5 Å². The summed E-state index contributed by atoms with van der Waals surface area (Å²) >= 11 is 1.66. The molecule has 27 heavy (non-hydrogen) atoms. The number of aromatic nitrogens is 2. The van der Waals surface area contributed by atoms with Crippen molar-refractivity contribution in [2.24, 2.45) is 11.8 Å². The summed E-state index contributed by atoms with van der Waals surface area (Å²) in [7, 11) is 0. The fourth-order valence-corrected chi connectivity index (χ4v) is 4.74. The number of para-hydroxylation sites is 2. The molecule has 2 heterocycles. The highest BCUT2D eigenvalue weighted by molar-refractivity contribution is 7.98. The number of hydrogen-bond donors (Lipinski definition) is 2. The lowest BCUT2D eigenvalue weighted by atomic mass is 9.77. The van der Waals surface area contributed by atoms with Gasteiger partial charge in [0.05, 0.1) is 29.4 Å². The number of rotatable bonds is 5. The Morgan fingerprint density at radius 3 is 2.78 bits per heavy atom. The van der Waals surface area contributed by atoms with E-state index in [0.717, 1.165) is 48.5 Å². The molecule has 2 aliphatic rings. The highest BCUT2D eigenvalue weighted by atomic mass is 32.2. The number of carbonyl (C=O) groups is 1. The van der Waals surface area contributed by atoms with Crippen molar-refractivity contribution in [2.75, 3.05) is 30.0 Å². The molecule has 144 valence electrons. The standard InChI is InChI=1S/C20H26N4O2S/c1-27-7-6-20(26)23-17-8-13-11-24(12-14(13)9-18(17)25)19-10-21-15-4-2-3-5-16(15)22-19/h2-5,10,13-14,17-18,25H,6-9,11-12H2,1H3,(H,23,26)/t13-,14+,17-,18-/m0/s1. The Balaban J connectivity index is 1.42. The molecular weight excluding hydrogens is 360 g/mol. The summed E-state index contributed by atoms with van der Waals surface area (Å²) in [5.41, 5.74) is 1.81. The topological polar surface area (TPSA) is 78.4 Å². The molecule has 2 fully saturated rings. The van der Waals surface area contributed by atoms with Crippen molar-refractivity contribution in [3.63, 3.8) is 0 Å². The van der Waals surface area contributed by atoms with Gasteiger partial charge in [-0.3, -0.25) is 9.78 Å². The minimum Gasteiger partial charge on any atom is -0.391 e. The second-order valence-electron chi connectivity index (χ2n) is 7.60. The van der Waals surface area contributed by atoms with Crippen molar-refractivity contribution in [3.05, 3.63) is 30.5 Å². The van der Waals surface area contributed by atoms with E-state index in [0.29, 0.717) is 18.3 Å². The molecule has 2 aromatic rings. The number of aliphatic hydroxyl groups excluding tert-OH is 1. The van der Waals surface area contributed by atoms with E-state index in [4.69, 9.17) is 4.98 Å². The Morgan fingerprint density at radius 1 is 1.26 bits per heavy atom. The number of fused-ring (bicyclic) bond motifs is 2. The minimum atomic E-state index is -0.466. The zero-order valence-electron chi connectivity index (χ0n) is 15.5. The van der Waals surface area contributed by atoms with Crippen molar-refractivity contribution in [2.45, 2.75) is 31.4 Å². The van der Waals surface area contributed by atoms with Crippen LogP contribution in [0.4, 0.5) is 5.82 Å². The fourth-order valence-electron chi connectivity index (χ4n) is 4.35. The number of thioether (sulfide) groups is 1. The van der Waals surface area contributed by atoms with E-state index >= 15 is 0 Å².